The van der Waals surface area contributed by atoms with Gasteiger partial charge in [0.2, 0.25) is 5.88 Å². The summed E-state index contributed by atoms with van der Waals surface area (Å²) in [5.74, 6) is 0.830. The van der Waals surface area contributed by atoms with Gasteiger partial charge in [-0.25, -0.2) is 4.68 Å². The topological polar surface area (TPSA) is 44.9 Å². The summed E-state index contributed by atoms with van der Waals surface area (Å²) in [5, 5.41) is 4.53. The molecule has 20 heavy (non-hydrogen) atoms. The molecule has 0 saturated carbocycles. The molecule has 0 saturated heterocycles. The molecule has 0 radical (unpaired) electrons. The molecule has 1 aromatic carbocycles. The van der Waals surface area contributed by atoms with Crippen molar-refractivity contribution < 1.29 is 4.74 Å². The van der Waals surface area contributed by atoms with Crippen LogP contribution in [0.25, 0.3) is 11.0 Å². The van der Waals surface area contributed by atoms with Crippen molar-refractivity contribution in [1.29, 1.82) is 0 Å². The molecule has 3 aromatic rings. The molecule has 0 N–H and O–H groups in total. The van der Waals surface area contributed by atoms with Crippen molar-refractivity contribution in [2.24, 2.45) is 14.1 Å². The third-order valence-electron chi connectivity index (χ3n) is 3.95. The van der Waals surface area contributed by atoms with Gasteiger partial charge < -0.3 is 4.74 Å². The minimum absolute atomic E-state index is 0.615. The summed E-state index contributed by atoms with van der Waals surface area (Å²) in [4.78, 5) is 4.55. The molecule has 1 aliphatic rings. The van der Waals surface area contributed by atoms with Crippen molar-refractivity contribution in [3.8, 4) is 11.9 Å². The number of benzene rings is 1. The fourth-order valence-electron chi connectivity index (χ4n) is 2.92. The number of fused-ring (bicyclic) bond motifs is 2. The standard InChI is InChI=1S/C15H16N4O/c1-18-13-9-4-3-7-12(13)16-15(18)20-14-10-6-5-8-11(10)17-19(14)2/h3-4,7,9H,5-6,8H2,1-2H3. The molecule has 2 heterocycles. The highest BCUT2D eigenvalue weighted by Gasteiger charge is 2.23. The number of rotatable bonds is 2. The maximum atomic E-state index is 6.06. The van der Waals surface area contributed by atoms with Gasteiger partial charge in [-0.2, -0.15) is 10.1 Å². The Bertz CT molecular complexity index is 800. The second-order valence-electron chi connectivity index (χ2n) is 5.25. The second-order valence-corrected chi connectivity index (χ2v) is 5.25. The summed E-state index contributed by atoms with van der Waals surface area (Å²) in [7, 11) is 3.90. The summed E-state index contributed by atoms with van der Waals surface area (Å²) in [6.45, 7) is 0. The van der Waals surface area contributed by atoms with E-state index >= 15 is 0 Å². The van der Waals surface area contributed by atoms with E-state index in [-0.39, 0.29) is 0 Å². The van der Waals surface area contributed by atoms with Gasteiger partial charge in [0.05, 0.1) is 16.7 Å². The van der Waals surface area contributed by atoms with Gasteiger partial charge >= 0.3 is 6.01 Å². The van der Waals surface area contributed by atoms with Crippen LogP contribution in [0.2, 0.25) is 0 Å². The number of imidazole rings is 1. The SMILES string of the molecule is Cn1nc2c(c1Oc1nc3ccccc3n1C)CCC2. The Morgan fingerprint density at radius 1 is 1.15 bits per heavy atom. The first kappa shape index (κ1) is 11.5. The predicted octanol–water partition coefficient (Wildman–Crippen LogP) is 2.59. The minimum Gasteiger partial charge on any atom is -0.406 e. The lowest BCUT2D eigenvalue weighted by atomic mass is 10.3. The molecule has 0 bridgehead atoms. The number of aryl methyl sites for hydroxylation is 3. The predicted molar refractivity (Wildman–Crippen MR) is 76.0 cm³/mol. The number of aromatic nitrogens is 4. The van der Waals surface area contributed by atoms with E-state index in [1.165, 1.54) is 11.3 Å². The quantitative estimate of drug-likeness (QED) is 0.717. The Labute approximate surface area is 116 Å². The summed E-state index contributed by atoms with van der Waals surface area (Å²) in [5.41, 5.74) is 4.42. The first-order chi connectivity index (χ1) is 9.74. The van der Waals surface area contributed by atoms with E-state index in [0.29, 0.717) is 6.01 Å². The van der Waals surface area contributed by atoms with Gasteiger partial charge in [-0.1, -0.05) is 12.1 Å². The van der Waals surface area contributed by atoms with Gasteiger partial charge in [0, 0.05) is 19.7 Å². The number of para-hydroxylation sites is 2. The van der Waals surface area contributed by atoms with Crippen LogP contribution >= 0.6 is 0 Å². The van der Waals surface area contributed by atoms with E-state index in [2.05, 4.69) is 10.1 Å². The van der Waals surface area contributed by atoms with E-state index in [9.17, 15) is 0 Å². The molecule has 0 atom stereocenters. The maximum absolute atomic E-state index is 6.06. The van der Waals surface area contributed by atoms with Gasteiger partial charge in [0.1, 0.15) is 0 Å². The molecule has 2 aromatic heterocycles. The fraction of sp³-hybridized carbons (Fsp3) is 0.333. The molecular weight excluding hydrogens is 252 g/mol. The molecule has 0 fully saturated rings. The molecule has 5 nitrogen and oxygen atoms in total. The maximum Gasteiger partial charge on any atom is 0.304 e. The minimum atomic E-state index is 0.615. The van der Waals surface area contributed by atoms with Crippen LogP contribution in [0.5, 0.6) is 11.9 Å². The van der Waals surface area contributed by atoms with Crippen molar-refractivity contribution in [2.45, 2.75) is 19.3 Å². The van der Waals surface area contributed by atoms with Crippen LogP contribution in [-0.4, -0.2) is 19.3 Å². The molecule has 0 aliphatic heterocycles. The van der Waals surface area contributed by atoms with Crippen LogP contribution in [0, 0.1) is 0 Å². The van der Waals surface area contributed by atoms with E-state index < -0.39 is 0 Å². The number of ether oxygens (including phenoxy) is 1. The lowest BCUT2D eigenvalue weighted by Crippen LogP contribution is -2.01. The average Bonchev–Trinajstić information content (AvgIpc) is 3.08. The van der Waals surface area contributed by atoms with Gasteiger partial charge in [0.15, 0.2) is 0 Å². The van der Waals surface area contributed by atoms with Crippen molar-refractivity contribution in [3.05, 3.63) is 35.5 Å². The van der Waals surface area contributed by atoms with E-state index in [4.69, 9.17) is 4.74 Å². The monoisotopic (exact) mass is 268 g/mol. The van der Waals surface area contributed by atoms with Crippen LogP contribution < -0.4 is 4.74 Å². The summed E-state index contributed by atoms with van der Waals surface area (Å²) in [6.07, 6.45) is 3.26. The Hall–Kier alpha value is -2.30. The van der Waals surface area contributed by atoms with Crippen molar-refractivity contribution in [2.75, 3.05) is 0 Å². The molecule has 102 valence electrons. The second kappa shape index (κ2) is 4.10. The van der Waals surface area contributed by atoms with Crippen LogP contribution in [0.3, 0.4) is 0 Å². The highest BCUT2D eigenvalue weighted by Crippen LogP contribution is 2.33. The Balaban J connectivity index is 1.80. The van der Waals surface area contributed by atoms with Crippen molar-refractivity contribution in [1.82, 2.24) is 19.3 Å². The van der Waals surface area contributed by atoms with Gasteiger partial charge in [-0.15, -0.1) is 0 Å². The average molecular weight is 268 g/mol. The molecule has 0 spiro atoms. The van der Waals surface area contributed by atoms with Crippen LogP contribution in [-0.2, 0) is 26.9 Å². The first-order valence-electron chi connectivity index (χ1n) is 6.88. The van der Waals surface area contributed by atoms with Gasteiger partial charge in [-0.3, -0.25) is 4.57 Å². The van der Waals surface area contributed by atoms with Crippen LogP contribution in [0.4, 0.5) is 0 Å². The highest BCUT2D eigenvalue weighted by molar-refractivity contribution is 5.76. The zero-order valence-electron chi connectivity index (χ0n) is 11.6. The normalized spacial score (nSPS) is 13.9. The van der Waals surface area contributed by atoms with Crippen LogP contribution in [0.1, 0.15) is 17.7 Å². The van der Waals surface area contributed by atoms with Crippen LogP contribution in [0.15, 0.2) is 24.3 Å². The molecule has 1 aliphatic carbocycles. The summed E-state index contributed by atoms with van der Waals surface area (Å²) >= 11 is 0. The first-order valence-corrected chi connectivity index (χ1v) is 6.88. The third kappa shape index (κ3) is 1.56. The summed E-state index contributed by atoms with van der Waals surface area (Å²) in [6, 6.07) is 8.65. The Morgan fingerprint density at radius 3 is 2.85 bits per heavy atom. The lowest BCUT2D eigenvalue weighted by Gasteiger charge is -2.07. The molecule has 5 heteroatoms. The summed E-state index contributed by atoms with van der Waals surface area (Å²) < 4.78 is 9.86. The zero-order valence-corrected chi connectivity index (χ0v) is 11.6. The molecular formula is C15H16N4O. The largest absolute Gasteiger partial charge is 0.406 e. The zero-order chi connectivity index (χ0) is 13.7. The van der Waals surface area contributed by atoms with E-state index in [1.807, 2.05) is 47.6 Å². The smallest absolute Gasteiger partial charge is 0.304 e. The Morgan fingerprint density at radius 2 is 2.00 bits per heavy atom. The van der Waals surface area contributed by atoms with Gasteiger partial charge in [-0.05, 0) is 31.4 Å². The van der Waals surface area contributed by atoms with E-state index in [0.717, 1.165) is 36.2 Å². The van der Waals surface area contributed by atoms with Crippen molar-refractivity contribution >= 4 is 11.0 Å². The lowest BCUT2D eigenvalue weighted by molar-refractivity contribution is 0.383. The molecule has 4 rings (SSSR count). The Kier molecular flexibility index (Phi) is 2.36. The number of nitrogens with zero attached hydrogens (tertiary/aromatic N) is 4. The van der Waals surface area contributed by atoms with Crippen molar-refractivity contribution in [3.63, 3.8) is 0 Å². The molecule has 0 amide bonds. The number of hydrogen-bond acceptors (Lipinski definition) is 3. The highest BCUT2D eigenvalue weighted by atomic mass is 16.5. The van der Waals surface area contributed by atoms with Gasteiger partial charge in [0.25, 0.3) is 0 Å². The third-order valence-corrected chi connectivity index (χ3v) is 3.95. The fourth-order valence-corrected chi connectivity index (χ4v) is 2.92. The number of hydrogen-bond donors (Lipinski definition) is 0. The van der Waals surface area contributed by atoms with E-state index in [1.54, 1.807) is 0 Å². The molecule has 0 unspecified atom stereocenters.